The molecule has 0 radical (unpaired) electrons. The number of methoxy groups -OCH3 is 1. The molecule has 1 fully saturated rings. The molecule has 144 valence electrons. The summed E-state index contributed by atoms with van der Waals surface area (Å²) in [6, 6.07) is 8.55. The topological polar surface area (TPSA) is 68.5 Å². The van der Waals surface area contributed by atoms with E-state index in [4.69, 9.17) is 9.26 Å². The number of rotatable bonds is 6. The van der Waals surface area contributed by atoms with Gasteiger partial charge in [-0.1, -0.05) is 29.4 Å². The number of benzene rings is 1. The van der Waals surface area contributed by atoms with Gasteiger partial charge in [-0.15, -0.1) is 0 Å². The van der Waals surface area contributed by atoms with Crippen molar-refractivity contribution in [3.63, 3.8) is 0 Å². The smallest absolute Gasteiger partial charge is 0.231 e. The number of carbonyl (C=O) groups is 1. The second-order valence-electron chi connectivity index (χ2n) is 7.72. The van der Waals surface area contributed by atoms with Gasteiger partial charge >= 0.3 is 0 Å². The first-order chi connectivity index (χ1) is 13.2. The van der Waals surface area contributed by atoms with E-state index in [1.165, 1.54) is 11.1 Å². The van der Waals surface area contributed by atoms with Crippen LogP contribution < -0.4 is 0 Å². The zero-order chi connectivity index (χ0) is 18.6. The lowest BCUT2D eigenvalue weighted by Crippen LogP contribution is -2.40. The van der Waals surface area contributed by atoms with Crippen molar-refractivity contribution in [1.29, 1.82) is 0 Å². The third kappa shape index (κ3) is 4.21. The van der Waals surface area contributed by atoms with E-state index < -0.39 is 0 Å². The zero-order valence-electron chi connectivity index (χ0n) is 15.9. The average molecular weight is 369 g/mol. The molecule has 2 aromatic rings. The maximum Gasteiger partial charge on any atom is 0.231 e. The van der Waals surface area contributed by atoms with E-state index in [0.717, 1.165) is 32.2 Å². The molecule has 0 unspecified atom stereocenters. The van der Waals surface area contributed by atoms with E-state index in [1.54, 1.807) is 7.11 Å². The number of likely N-dealkylation sites (tertiary alicyclic amines) is 1. The highest BCUT2D eigenvalue weighted by Crippen LogP contribution is 2.31. The normalized spacial score (nSPS) is 20.0. The van der Waals surface area contributed by atoms with Gasteiger partial charge in [-0.2, -0.15) is 4.98 Å². The van der Waals surface area contributed by atoms with Gasteiger partial charge in [0.25, 0.3) is 0 Å². The number of fused-ring (bicyclic) bond motifs is 1. The number of aromatic nitrogens is 2. The van der Waals surface area contributed by atoms with Gasteiger partial charge in [0.1, 0.15) is 0 Å². The molecule has 0 saturated carbocycles. The van der Waals surface area contributed by atoms with Gasteiger partial charge in [-0.25, -0.2) is 0 Å². The zero-order valence-corrected chi connectivity index (χ0v) is 15.9. The van der Waals surface area contributed by atoms with Crippen LogP contribution in [0.4, 0.5) is 0 Å². The Morgan fingerprint density at radius 2 is 2.07 bits per heavy atom. The van der Waals surface area contributed by atoms with E-state index in [9.17, 15) is 4.79 Å². The van der Waals surface area contributed by atoms with Crippen molar-refractivity contribution in [3.8, 4) is 0 Å². The molecule has 4 rings (SSSR count). The fraction of sp³-hybridized carbons (Fsp3) is 0.571. The lowest BCUT2D eigenvalue weighted by Gasteiger charge is -2.31. The van der Waals surface area contributed by atoms with Crippen molar-refractivity contribution < 1.29 is 14.1 Å². The molecule has 1 saturated heterocycles. The number of nitrogens with zero attached hydrogens (tertiary/aromatic N) is 3. The molecule has 0 bridgehead atoms. The Labute approximate surface area is 159 Å². The fourth-order valence-corrected chi connectivity index (χ4v) is 4.30. The Balaban J connectivity index is 1.33. The van der Waals surface area contributed by atoms with E-state index in [-0.39, 0.29) is 11.8 Å². The molecule has 1 aliphatic heterocycles. The first kappa shape index (κ1) is 18.2. The van der Waals surface area contributed by atoms with Gasteiger partial charge in [0.05, 0.1) is 12.5 Å². The van der Waals surface area contributed by atoms with Crippen molar-refractivity contribution in [2.24, 2.45) is 5.92 Å². The van der Waals surface area contributed by atoms with Crippen LogP contribution in [0.1, 0.15) is 48.0 Å². The minimum atomic E-state index is 0.146. The number of amides is 1. The first-order valence-corrected chi connectivity index (χ1v) is 9.89. The Morgan fingerprint density at radius 1 is 1.30 bits per heavy atom. The highest BCUT2D eigenvalue weighted by molar-refractivity contribution is 5.76. The standard InChI is InChI=1S/C21H27N3O3/c1-26-10-8-19-22-21(27-23-19)18-7-4-9-24(14-18)20(25)13-15-11-16-5-2-3-6-17(16)12-15/h2-3,5-6,15,18H,4,7-14H2,1H3/t18-/m0/s1. The fourth-order valence-electron chi connectivity index (χ4n) is 4.30. The quantitative estimate of drug-likeness (QED) is 0.783. The van der Waals surface area contributed by atoms with Gasteiger partial charge < -0.3 is 14.2 Å². The van der Waals surface area contributed by atoms with Crippen molar-refractivity contribution in [3.05, 3.63) is 47.1 Å². The van der Waals surface area contributed by atoms with Crippen LogP contribution in [-0.4, -0.2) is 47.8 Å². The number of carbonyl (C=O) groups excluding carboxylic acids is 1. The third-order valence-electron chi connectivity index (χ3n) is 5.74. The van der Waals surface area contributed by atoms with E-state index in [1.807, 2.05) is 4.90 Å². The van der Waals surface area contributed by atoms with Crippen LogP contribution in [0.2, 0.25) is 0 Å². The molecule has 1 aromatic heterocycles. The van der Waals surface area contributed by atoms with Crippen LogP contribution in [0.15, 0.2) is 28.8 Å². The summed E-state index contributed by atoms with van der Waals surface area (Å²) in [6.45, 7) is 2.10. The van der Waals surface area contributed by atoms with Gasteiger partial charge in [0.2, 0.25) is 11.8 Å². The van der Waals surface area contributed by atoms with Gasteiger partial charge in [-0.3, -0.25) is 4.79 Å². The summed E-state index contributed by atoms with van der Waals surface area (Å²) in [5, 5.41) is 4.04. The SMILES string of the molecule is COCCc1noc([C@H]2CCCN(C(=O)CC3Cc4ccccc4C3)C2)n1. The minimum absolute atomic E-state index is 0.146. The molecular formula is C21H27N3O3. The molecule has 0 N–H and O–H groups in total. The summed E-state index contributed by atoms with van der Waals surface area (Å²) < 4.78 is 10.5. The Morgan fingerprint density at radius 3 is 2.81 bits per heavy atom. The summed E-state index contributed by atoms with van der Waals surface area (Å²) in [4.78, 5) is 19.4. The lowest BCUT2D eigenvalue weighted by molar-refractivity contribution is -0.133. The van der Waals surface area contributed by atoms with Gasteiger partial charge in [0.15, 0.2) is 5.82 Å². The monoisotopic (exact) mass is 369 g/mol. The molecule has 1 atom stereocenters. The Bertz CT molecular complexity index is 763. The summed E-state index contributed by atoms with van der Waals surface area (Å²) >= 11 is 0. The van der Waals surface area contributed by atoms with Crippen molar-refractivity contribution in [2.75, 3.05) is 26.8 Å². The molecule has 1 aliphatic carbocycles. The number of hydrogen-bond donors (Lipinski definition) is 0. The van der Waals surface area contributed by atoms with Crippen LogP contribution in [0.25, 0.3) is 0 Å². The van der Waals surface area contributed by atoms with E-state index in [2.05, 4.69) is 34.4 Å². The van der Waals surface area contributed by atoms with Crippen LogP contribution >= 0.6 is 0 Å². The predicted octanol–water partition coefficient (Wildman–Crippen LogP) is 2.77. The number of piperidine rings is 1. The Hall–Kier alpha value is -2.21. The largest absolute Gasteiger partial charge is 0.384 e. The number of hydrogen-bond acceptors (Lipinski definition) is 5. The molecular weight excluding hydrogens is 342 g/mol. The summed E-state index contributed by atoms with van der Waals surface area (Å²) in [6.07, 6.45) is 5.29. The third-order valence-corrected chi connectivity index (χ3v) is 5.74. The van der Waals surface area contributed by atoms with Gasteiger partial charge in [0, 0.05) is 33.0 Å². The van der Waals surface area contributed by atoms with Gasteiger partial charge in [-0.05, 0) is 42.7 Å². The van der Waals surface area contributed by atoms with Crippen LogP contribution in [0.3, 0.4) is 0 Å². The highest BCUT2D eigenvalue weighted by atomic mass is 16.5. The molecule has 6 nitrogen and oxygen atoms in total. The maximum absolute atomic E-state index is 12.9. The van der Waals surface area contributed by atoms with Crippen LogP contribution in [0, 0.1) is 5.92 Å². The minimum Gasteiger partial charge on any atom is -0.384 e. The predicted molar refractivity (Wildman–Crippen MR) is 100 cm³/mol. The molecule has 2 heterocycles. The summed E-state index contributed by atoms with van der Waals surface area (Å²) in [5.74, 6) is 2.18. The average Bonchev–Trinajstić information content (AvgIpc) is 3.33. The van der Waals surface area contributed by atoms with Crippen molar-refractivity contribution in [1.82, 2.24) is 15.0 Å². The van der Waals surface area contributed by atoms with Crippen molar-refractivity contribution >= 4 is 5.91 Å². The molecule has 6 heteroatoms. The second-order valence-corrected chi connectivity index (χ2v) is 7.72. The Kier molecular flexibility index (Phi) is 5.53. The highest BCUT2D eigenvalue weighted by Gasteiger charge is 2.31. The molecule has 0 spiro atoms. The lowest BCUT2D eigenvalue weighted by atomic mass is 9.96. The van der Waals surface area contributed by atoms with Crippen molar-refractivity contribution in [2.45, 2.75) is 44.4 Å². The molecule has 1 amide bonds. The summed E-state index contributed by atoms with van der Waals surface area (Å²) in [5.41, 5.74) is 2.81. The molecule has 1 aromatic carbocycles. The van der Waals surface area contributed by atoms with E-state index >= 15 is 0 Å². The first-order valence-electron chi connectivity index (χ1n) is 9.89. The van der Waals surface area contributed by atoms with Crippen LogP contribution in [0.5, 0.6) is 0 Å². The van der Waals surface area contributed by atoms with E-state index in [0.29, 0.717) is 43.6 Å². The van der Waals surface area contributed by atoms with Crippen LogP contribution in [-0.2, 0) is 28.8 Å². The maximum atomic E-state index is 12.9. The summed E-state index contributed by atoms with van der Waals surface area (Å²) in [7, 11) is 1.66. The number of ether oxygens (including phenoxy) is 1. The molecule has 27 heavy (non-hydrogen) atoms. The second kappa shape index (κ2) is 8.21. The molecule has 2 aliphatic rings.